The van der Waals surface area contributed by atoms with Crippen LogP contribution in [0.4, 0.5) is 21.6 Å². The third kappa shape index (κ3) is 2.20. The third-order valence-corrected chi connectivity index (χ3v) is 2.25. The van der Waals surface area contributed by atoms with Gasteiger partial charge in [0.1, 0.15) is 12.1 Å². The number of anilines is 3. The van der Waals surface area contributed by atoms with Crippen molar-refractivity contribution in [2.75, 3.05) is 11.1 Å². The van der Waals surface area contributed by atoms with Crippen LogP contribution in [0.1, 0.15) is 0 Å². The zero-order chi connectivity index (χ0) is 11.5. The van der Waals surface area contributed by atoms with Crippen molar-refractivity contribution in [1.82, 2.24) is 9.97 Å². The molecule has 1 aromatic carbocycles. The van der Waals surface area contributed by atoms with Gasteiger partial charge >= 0.3 is 0 Å². The summed E-state index contributed by atoms with van der Waals surface area (Å²) in [5.74, 6) is 0.00188. The standard InChI is InChI=1S/C10H8ClFN4/c11-7-2-1-6(12)3-9(7)16-10-8(13)4-14-5-15-10/h1-5H,13H2,(H,14,15,16). The Morgan fingerprint density at radius 3 is 2.94 bits per heavy atom. The van der Waals surface area contributed by atoms with Gasteiger partial charge in [0.2, 0.25) is 0 Å². The Morgan fingerprint density at radius 2 is 2.19 bits per heavy atom. The van der Waals surface area contributed by atoms with E-state index in [0.29, 0.717) is 22.2 Å². The number of nitrogens with one attached hydrogen (secondary N) is 1. The highest BCUT2D eigenvalue weighted by Gasteiger charge is 2.05. The molecular weight excluding hydrogens is 231 g/mol. The number of halogens is 2. The van der Waals surface area contributed by atoms with E-state index in [0.717, 1.165) is 0 Å². The summed E-state index contributed by atoms with van der Waals surface area (Å²) in [6.07, 6.45) is 2.79. The van der Waals surface area contributed by atoms with Crippen molar-refractivity contribution in [3.8, 4) is 0 Å². The highest BCUT2D eigenvalue weighted by Crippen LogP contribution is 2.26. The molecule has 0 saturated heterocycles. The number of nitrogens with two attached hydrogens (primary N) is 1. The molecule has 1 aromatic heterocycles. The Kier molecular flexibility index (Phi) is 2.87. The van der Waals surface area contributed by atoms with Crippen molar-refractivity contribution < 1.29 is 4.39 Å². The van der Waals surface area contributed by atoms with Gasteiger partial charge in [0.25, 0.3) is 0 Å². The molecule has 0 radical (unpaired) electrons. The molecule has 2 rings (SSSR count). The zero-order valence-electron chi connectivity index (χ0n) is 8.11. The molecule has 0 aliphatic carbocycles. The molecule has 0 bridgehead atoms. The lowest BCUT2D eigenvalue weighted by molar-refractivity contribution is 0.628. The fraction of sp³-hybridized carbons (Fsp3) is 0. The van der Waals surface area contributed by atoms with E-state index in [1.54, 1.807) is 0 Å². The summed E-state index contributed by atoms with van der Waals surface area (Å²) in [5.41, 5.74) is 6.41. The Labute approximate surface area is 96.3 Å². The third-order valence-electron chi connectivity index (χ3n) is 1.92. The Bertz CT molecular complexity index is 518. The van der Waals surface area contributed by atoms with Gasteiger partial charge in [0.05, 0.1) is 22.6 Å². The number of hydrogen-bond acceptors (Lipinski definition) is 4. The fourth-order valence-electron chi connectivity index (χ4n) is 1.17. The molecule has 16 heavy (non-hydrogen) atoms. The van der Waals surface area contributed by atoms with E-state index in [-0.39, 0.29) is 5.82 Å². The Hall–Kier alpha value is -1.88. The smallest absolute Gasteiger partial charge is 0.157 e. The van der Waals surface area contributed by atoms with Gasteiger partial charge in [-0.3, -0.25) is 0 Å². The van der Waals surface area contributed by atoms with Crippen LogP contribution in [-0.4, -0.2) is 9.97 Å². The number of benzene rings is 1. The maximum absolute atomic E-state index is 13.0. The minimum absolute atomic E-state index is 0.364. The topological polar surface area (TPSA) is 63.8 Å². The highest BCUT2D eigenvalue weighted by molar-refractivity contribution is 6.33. The average molecular weight is 239 g/mol. The first-order valence-corrected chi connectivity index (χ1v) is 4.82. The number of rotatable bonds is 2. The first-order valence-electron chi connectivity index (χ1n) is 4.44. The lowest BCUT2D eigenvalue weighted by atomic mass is 10.3. The predicted molar refractivity (Wildman–Crippen MR) is 61.1 cm³/mol. The van der Waals surface area contributed by atoms with Crippen LogP contribution in [0.3, 0.4) is 0 Å². The molecule has 82 valence electrons. The number of nitrogens with zero attached hydrogens (tertiary/aromatic N) is 2. The molecule has 0 unspecified atom stereocenters. The molecule has 0 aliphatic rings. The van der Waals surface area contributed by atoms with Crippen LogP contribution in [0.5, 0.6) is 0 Å². The van der Waals surface area contributed by atoms with Gasteiger partial charge < -0.3 is 11.1 Å². The van der Waals surface area contributed by atoms with E-state index in [1.807, 2.05) is 0 Å². The van der Waals surface area contributed by atoms with Gasteiger partial charge in [0, 0.05) is 0 Å². The molecule has 3 N–H and O–H groups in total. The fourth-order valence-corrected chi connectivity index (χ4v) is 1.33. The van der Waals surface area contributed by atoms with E-state index in [1.165, 1.54) is 30.7 Å². The maximum atomic E-state index is 13.0. The van der Waals surface area contributed by atoms with Crippen LogP contribution in [0.25, 0.3) is 0 Å². The minimum Gasteiger partial charge on any atom is -0.394 e. The first-order chi connectivity index (χ1) is 7.66. The summed E-state index contributed by atoms with van der Waals surface area (Å²) in [5, 5.41) is 3.22. The monoisotopic (exact) mass is 238 g/mol. The van der Waals surface area contributed by atoms with Crippen LogP contribution in [0.15, 0.2) is 30.7 Å². The number of aromatic nitrogens is 2. The van der Waals surface area contributed by atoms with Crippen molar-refractivity contribution in [3.05, 3.63) is 41.6 Å². The van der Waals surface area contributed by atoms with E-state index >= 15 is 0 Å². The molecule has 6 heteroatoms. The van der Waals surface area contributed by atoms with Crippen LogP contribution >= 0.6 is 11.6 Å². The molecule has 2 aromatic rings. The predicted octanol–water partition coefficient (Wildman–Crippen LogP) is 2.59. The molecule has 0 aliphatic heterocycles. The Morgan fingerprint density at radius 1 is 1.38 bits per heavy atom. The summed E-state index contributed by atoms with van der Waals surface area (Å²) in [6, 6.07) is 4.00. The molecule has 0 atom stereocenters. The van der Waals surface area contributed by atoms with Gasteiger partial charge in [-0.2, -0.15) is 0 Å². The van der Waals surface area contributed by atoms with Crippen LogP contribution in [-0.2, 0) is 0 Å². The summed E-state index contributed by atoms with van der Waals surface area (Å²) in [4.78, 5) is 7.66. The van der Waals surface area contributed by atoms with E-state index in [2.05, 4.69) is 15.3 Å². The van der Waals surface area contributed by atoms with Crippen molar-refractivity contribution in [3.63, 3.8) is 0 Å². The van der Waals surface area contributed by atoms with Gasteiger partial charge in [-0.25, -0.2) is 14.4 Å². The second kappa shape index (κ2) is 4.32. The van der Waals surface area contributed by atoms with Gasteiger partial charge in [-0.05, 0) is 18.2 Å². The van der Waals surface area contributed by atoms with Crippen LogP contribution < -0.4 is 11.1 Å². The molecule has 1 heterocycles. The van der Waals surface area contributed by atoms with Crippen molar-refractivity contribution in [2.45, 2.75) is 0 Å². The largest absolute Gasteiger partial charge is 0.394 e. The molecule has 0 fully saturated rings. The second-order valence-electron chi connectivity index (χ2n) is 3.08. The summed E-state index contributed by atoms with van der Waals surface area (Å²) in [7, 11) is 0. The quantitative estimate of drug-likeness (QED) is 0.844. The highest BCUT2D eigenvalue weighted by atomic mass is 35.5. The maximum Gasteiger partial charge on any atom is 0.157 e. The SMILES string of the molecule is Nc1cncnc1Nc1cc(F)ccc1Cl. The molecular formula is C10H8ClFN4. The van der Waals surface area contributed by atoms with Crippen LogP contribution in [0.2, 0.25) is 5.02 Å². The summed E-state index contributed by atoms with van der Waals surface area (Å²) in [6.45, 7) is 0. The molecule has 0 saturated carbocycles. The number of hydrogen-bond donors (Lipinski definition) is 2. The molecule has 0 spiro atoms. The lowest BCUT2D eigenvalue weighted by Gasteiger charge is -2.08. The summed E-state index contributed by atoms with van der Waals surface area (Å²) >= 11 is 5.89. The van der Waals surface area contributed by atoms with E-state index in [4.69, 9.17) is 17.3 Å². The van der Waals surface area contributed by atoms with Crippen LogP contribution in [0, 0.1) is 5.82 Å². The molecule has 0 amide bonds. The normalized spacial score (nSPS) is 10.1. The van der Waals surface area contributed by atoms with Gasteiger partial charge in [-0.1, -0.05) is 11.6 Å². The lowest BCUT2D eigenvalue weighted by Crippen LogP contribution is -2.00. The first kappa shape index (κ1) is 10.6. The van der Waals surface area contributed by atoms with Crippen molar-refractivity contribution in [2.24, 2.45) is 0 Å². The summed E-state index contributed by atoms with van der Waals surface area (Å²) < 4.78 is 13.0. The number of nitrogen functional groups attached to an aromatic ring is 1. The minimum atomic E-state index is -0.389. The van der Waals surface area contributed by atoms with Gasteiger partial charge in [-0.15, -0.1) is 0 Å². The van der Waals surface area contributed by atoms with E-state index in [9.17, 15) is 4.39 Å². The van der Waals surface area contributed by atoms with E-state index < -0.39 is 0 Å². The second-order valence-corrected chi connectivity index (χ2v) is 3.48. The zero-order valence-corrected chi connectivity index (χ0v) is 8.87. The molecule has 4 nitrogen and oxygen atoms in total. The van der Waals surface area contributed by atoms with Crippen molar-refractivity contribution >= 4 is 28.8 Å². The van der Waals surface area contributed by atoms with Crippen molar-refractivity contribution in [1.29, 1.82) is 0 Å². The van der Waals surface area contributed by atoms with Gasteiger partial charge in [0.15, 0.2) is 5.82 Å². The Balaban J connectivity index is 2.34. The average Bonchev–Trinajstić information content (AvgIpc) is 2.27.